The molecule has 0 bridgehead atoms. The fraction of sp³-hybridized carbons (Fsp3) is 0.409. The van der Waals surface area contributed by atoms with Crippen LogP contribution >= 0.6 is 19.8 Å². The highest BCUT2D eigenvalue weighted by Crippen LogP contribution is 2.31. The van der Waals surface area contributed by atoms with Crippen molar-refractivity contribution in [2.24, 2.45) is 0 Å². The zero-order valence-corrected chi connectivity index (χ0v) is 19.1. The third-order valence-corrected chi connectivity index (χ3v) is 4.75. The minimum absolute atomic E-state index is 0.161. The SMILES string of the molecule is COc1cccc(Cl)c1C([O-])=Pc1ccc(OC(C)(C)C)cc1OC(C)(C)C. The number of hydrogen-bond acceptors (Lipinski definition) is 4. The van der Waals surface area contributed by atoms with Gasteiger partial charge in [0.2, 0.25) is 0 Å². The van der Waals surface area contributed by atoms with Crippen molar-refractivity contribution in [1.82, 2.24) is 0 Å². The van der Waals surface area contributed by atoms with E-state index in [0.29, 0.717) is 36.0 Å². The second-order valence-corrected chi connectivity index (χ2v) is 9.81. The van der Waals surface area contributed by atoms with Crippen molar-refractivity contribution in [3.63, 3.8) is 0 Å². The Hall–Kier alpha value is -1.74. The molecule has 0 aliphatic heterocycles. The monoisotopic (exact) mass is 421 g/mol. The summed E-state index contributed by atoms with van der Waals surface area (Å²) >= 11 is 6.26. The molecule has 28 heavy (non-hydrogen) atoms. The molecule has 0 unspecified atom stereocenters. The molecular weight excluding hydrogens is 395 g/mol. The summed E-state index contributed by atoms with van der Waals surface area (Å²) in [5.74, 6) is 1.75. The largest absolute Gasteiger partial charge is 0.823 e. The molecule has 0 spiro atoms. The molecule has 0 aromatic heterocycles. The molecule has 0 aliphatic rings. The van der Waals surface area contributed by atoms with E-state index in [2.05, 4.69) is 0 Å². The lowest BCUT2D eigenvalue weighted by molar-refractivity contribution is -0.207. The van der Waals surface area contributed by atoms with Crippen LogP contribution < -0.4 is 24.6 Å². The molecule has 152 valence electrons. The Morgan fingerprint density at radius 3 is 2.14 bits per heavy atom. The first-order chi connectivity index (χ1) is 12.9. The van der Waals surface area contributed by atoms with Gasteiger partial charge in [-0.3, -0.25) is 0 Å². The summed E-state index contributed by atoms with van der Waals surface area (Å²) in [6.45, 7) is 11.8. The molecule has 4 nitrogen and oxygen atoms in total. The van der Waals surface area contributed by atoms with Crippen molar-refractivity contribution < 1.29 is 19.3 Å². The minimum atomic E-state index is -0.421. The van der Waals surface area contributed by atoms with Crippen LogP contribution in [0.25, 0.3) is 0 Å². The van der Waals surface area contributed by atoms with Gasteiger partial charge >= 0.3 is 0 Å². The quantitative estimate of drug-likeness (QED) is 0.650. The van der Waals surface area contributed by atoms with Crippen LogP contribution in [-0.4, -0.2) is 23.8 Å². The van der Waals surface area contributed by atoms with Crippen molar-refractivity contribution in [3.8, 4) is 17.2 Å². The van der Waals surface area contributed by atoms with E-state index in [9.17, 15) is 5.11 Å². The van der Waals surface area contributed by atoms with Crippen molar-refractivity contribution >= 4 is 30.6 Å². The first-order valence-corrected chi connectivity index (χ1v) is 10.3. The highest BCUT2D eigenvalue weighted by atomic mass is 35.5. The topological polar surface area (TPSA) is 50.8 Å². The number of ether oxygens (including phenoxy) is 3. The van der Waals surface area contributed by atoms with Gasteiger partial charge in [0.1, 0.15) is 28.5 Å². The van der Waals surface area contributed by atoms with E-state index in [-0.39, 0.29) is 11.1 Å². The van der Waals surface area contributed by atoms with Crippen LogP contribution in [0, 0.1) is 0 Å². The molecule has 6 heteroatoms. The van der Waals surface area contributed by atoms with Crippen LogP contribution in [0.1, 0.15) is 47.1 Å². The van der Waals surface area contributed by atoms with E-state index < -0.39 is 5.60 Å². The molecule has 0 amide bonds. The molecule has 0 radical (unpaired) electrons. The molecule has 0 N–H and O–H groups in total. The Kier molecular flexibility index (Phi) is 7.03. The normalized spacial score (nSPS) is 12.7. The van der Waals surface area contributed by atoms with E-state index in [1.807, 2.05) is 59.7 Å². The summed E-state index contributed by atoms with van der Waals surface area (Å²) < 4.78 is 17.4. The average Bonchev–Trinajstić information content (AvgIpc) is 2.53. The van der Waals surface area contributed by atoms with E-state index in [1.54, 1.807) is 18.2 Å². The van der Waals surface area contributed by atoms with E-state index in [0.717, 1.165) is 5.30 Å². The molecule has 0 fully saturated rings. The van der Waals surface area contributed by atoms with Crippen molar-refractivity contribution in [1.29, 1.82) is 0 Å². The Bertz CT molecular complexity index is 864. The lowest BCUT2D eigenvalue weighted by atomic mass is 10.2. The van der Waals surface area contributed by atoms with Gasteiger partial charge in [0.15, 0.2) is 0 Å². The van der Waals surface area contributed by atoms with E-state index in [4.69, 9.17) is 25.8 Å². The number of benzene rings is 2. The molecule has 2 aromatic rings. The summed E-state index contributed by atoms with van der Waals surface area (Å²) in [7, 11) is 1.96. The maximum atomic E-state index is 13.0. The van der Waals surface area contributed by atoms with Crippen LogP contribution in [0.4, 0.5) is 0 Å². The zero-order valence-electron chi connectivity index (χ0n) is 17.4. The zero-order chi connectivity index (χ0) is 21.1. The van der Waals surface area contributed by atoms with Crippen LogP contribution in [0.5, 0.6) is 17.2 Å². The first-order valence-electron chi connectivity index (χ1n) is 9.00. The standard InChI is InChI=1S/C22H28ClO4P/c1-21(2,3)26-14-11-12-18(17(13-14)27-22(4,5)6)28-20(24)19-15(23)9-8-10-16(19)25-7/h8-13,24H,1-7H3/p-1. The van der Waals surface area contributed by atoms with Crippen LogP contribution in [0.2, 0.25) is 5.02 Å². The van der Waals surface area contributed by atoms with Gasteiger partial charge in [-0.2, -0.15) is 0 Å². The maximum Gasteiger partial charge on any atom is 0.135 e. The van der Waals surface area contributed by atoms with Crippen LogP contribution in [-0.2, 0) is 0 Å². The molecule has 0 aliphatic carbocycles. The molecule has 0 saturated heterocycles. The Balaban J connectivity index is 2.53. The maximum absolute atomic E-state index is 13.0. The van der Waals surface area contributed by atoms with Crippen molar-refractivity contribution in [2.45, 2.75) is 52.7 Å². The third-order valence-electron chi connectivity index (χ3n) is 3.40. The highest BCUT2D eigenvalue weighted by molar-refractivity contribution is 7.49. The fourth-order valence-corrected chi connectivity index (χ4v) is 3.71. The van der Waals surface area contributed by atoms with Gasteiger partial charge in [-0.1, -0.05) is 31.4 Å². The van der Waals surface area contributed by atoms with Gasteiger partial charge in [0.25, 0.3) is 0 Å². The third kappa shape index (κ3) is 6.41. The second-order valence-electron chi connectivity index (χ2n) is 8.29. The average molecular weight is 422 g/mol. The summed E-state index contributed by atoms with van der Waals surface area (Å²) in [6.07, 6.45) is 0. The predicted octanol–water partition coefficient (Wildman–Crippen LogP) is 4.81. The summed E-state index contributed by atoms with van der Waals surface area (Å²) in [5, 5.41) is 14.1. The number of methoxy groups -OCH3 is 1. The van der Waals surface area contributed by atoms with E-state index >= 15 is 0 Å². The molecule has 2 aromatic carbocycles. The smallest absolute Gasteiger partial charge is 0.135 e. The van der Waals surface area contributed by atoms with Gasteiger partial charge in [0, 0.05) is 16.9 Å². The van der Waals surface area contributed by atoms with Gasteiger partial charge in [-0.15, -0.1) is 0 Å². The molecule has 0 saturated carbocycles. The summed E-state index contributed by atoms with van der Waals surface area (Å²) in [4.78, 5) is 0. The van der Waals surface area contributed by atoms with Gasteiger partial charge < -0.3 is 19.3 Å². The molecule has 0 atom stereocenters. The summed E-state index contributed by atoms with van der Waals surface area (Å²) in [5.41, 5.74) is -0.551. The van der Waals surface area contributed by atoms with Crippen molar-refractivity contribution in [3.05, 3.63) is 47.0 Å². The Labute approximate surface area is 174 Å². The number of rotatable bonds is 5. The fourth-order valence-electron chi connectivity index (χ4n) is 2.46. The van der Waals surface area contributed by atoms with Gasteiger partial charge in [-0.05, 0) is 65.8 Å². The number of halogens is 1. The predicted molar refractivity (Wildman–Crippen MR) is 116 cm³/mol. The summed E-state index contributed by atoms with van der Waals surface area (Å²) in [6, 6.07) is 10.7. The van der Waals surface area contributed by atoms with Crippen LogP contribution in [0.3, 0.4) is 0 Å². The van der Waals surface area contributed by atoms with E-state index in [1.165, 1.54) is 7.11 Å². The highest BCUT2D eigenvalue weighted by Gasteiger charge is 2.18. The van der Waals surface area contributed by atoms with Gasteiger partial charge in [-0.25, -0.2) is 0 Å². The lowest BCUT2D eigenvalue weighted by Gasteiger charge is -2.26. The second kappa shape index (κ2) is 8.73. The Morgan fingerprint density at radius 2 is 1.57 bits per heavy atom. The minimum Gasteiger partial charge on any atom is -0.823 e. The van der Waals surface area contributed by atoms with Crippen molar-refractivity contribution in [2.75, 3.05) is 7.11 Å². The first kappa shape index (κ1) is 22.5. The molecule has 2 rings (SSSR count). The van der Waals surface area contributed by atoms with Gasteiger partial charge in [0.05, 0.1) is 12.1 Å². The number of hydrogen-bond donors (Lipinski definition) is 0. The van der Waals surface area contributed by atoms with Crippen LogP contribution in [0.15, 0.2) is 36.4 Å². The Morgan fingerprint density at radius 1 is 0.929 bits per heavy atom. The molecular formula is C22H27ClO4P-. The molecule has 0 heterocycles. The lowest BCUT2D eigenvalue weighted by Crippen LogP contribution is -2.27.